The van der Waals surface area contributed by atoms with Crippen molar-refractivity contribution < 1.29 is 23.6 Å². The molecule has 4 fully saturated rings. The van der Waals surface area contributed by atoms with Crippen LogP contribution >= 0.6 is 0 Å². The third kappa shape index (κ3) is 6.16. The third-order valence-electron chi connectivity index (χ3n) is 9.36. The van der Waals surface area contributed by atoms with Crippen LogP contribution < -0.4 is 0 Å². The molecule has 0 unspecified atom stereocenters. The number of carbonyl (C=O) groups excluding carboxylic acids is 2. The quantitative estimate of drug-likeness (QED) is 0.372. The van der Waals surface area contributed by atoms with E-state index in [0.717, 1.165) is 63.9 Å². The molecule has 3 saturated carbocycles. The highest BCUT2D eigenvalue weighted by Gasteiger charge is 2.55. The first-order chi connectivity index (χ1) is 19.7. The Morgan fingerprint density at radius 2 is 1.62 bits per heavy atom. The molecule has 3 aliphatic carbocycles. The second-order valence-corrected chi connectivity index (χ2v) is 15.3. The van der Waals surface area contributed by atoms with Crippen molar-refractivity contribution in [2.24, 2.45) is 5.41 Å². The molecule has 2 atom stereocenters. The zero-order valence-electron chi connectivity index (χ0n) is 26.0. The van der Waals surface area contributed by atoms with E-state index in [0.29, 0.717) is 18.4 Å². The van der Waals surface area contributed by atoms with Gasteiger partial charge in [0.15, 0.2) is 5.82 Å². The molecule has 6 rings (SSSR count). The Kier molecular flexibility index (Phi) is 7.09. The monoisotopic (exact) mass is 578 g/mol. The van der Waals surface area contributed by atoms with Gasteiger partial charge in [-0.25, -0.2) is 9.59 Å². The van der Waals surface area contributed by atoms with E-state index in [1.165, 1.54) is 5.56 Å². The molecular weight excluding hydrogens is 532 g/mol. The lowest BCUT2D eigenvalue weighted by atomic mass is 9.66. The molecule has 1 aliphatic heterocycles. The number of hydrogen-bond acceptors (Lipinski definition) is 7. The van der Waals surface area contributed by atoms with Gasteiger partial charge in [-0.3, -0.25) is 0 Å². The smallest absolute Gasteiger partial charge is 0.410 e. The minimum absolute atomic E-state index is 0.114. The van der Waals surface area contributed by atoms with Crippen molar-refractivity contribution in [3.05, 3.63) is 47.6 Å². The SMILES string of the molecule is CC(C)(C)OC(=O)N1CC2(CCC(c3nc(C4(CN(C(=O)OC(C)(C)C)[C@@H]5C[C@H]5c5ccccc5)CC4)no3)CC2)C1. The van der Waals surface area contributed by atoms with Crippen molar-refractivity contribution in [1.29, 1.82) is 0 Å². The number of benzene rings is 1. The van der Waals surface area contributed by atoms with Crippen LogP contribution in [-0.4, -0.2) is 69.0 Å². The first-order valence-electron chi connectivity index (χ1n) is 15.6. The Bertz CT molecular complexity index is 1290. The summed E-state index contributed by atoms with van der Waals surface area (Å²) >= 11 is 0. The molecular formula is C33H46N4O5. The van der Waals surface area contributed by atoms with E-state index in [1.807, 2.05) is 57.4 Å². The van der Waals surface area contributed by atoms with Gasteiger partial charge in [0.25, 0.3) is 0 Å². The van der Waals surface area contributed by atoms with Gasteiger partial charge in [0.2, 0.25) is 5.89 Å². The summed E-state index contributed by atoms with van der Waals surface area (Å²) in [7, 11) is 0. The molecule has 42 heavy (non-hydrogen) atoms. The standard InChI is InChI=1S/C33H46N4O5/c1-30(2,3)40-28(38)36-19-32(20-36)14-12-23(13-15-32)26-34-27(35-42-26)33(16-17-33)21-37(29(39)41-31(4,5)6)25-18-24(25)22-10-8-7-9-11-22/h7-11,23-25H,12-21H2,1-6H3/t24-,25+/m0/s1. The number of aromatic nitrogens is 2. The van der Waals surface area contributed by atoms with E-state index >= 15 is 0 Å². The second-order valence-electron chi connectivity index (χ2n) is 15.3. The number of ether oxygens (including phenoxy) is 2. The summed E-state index contributed by atoms with van der Waals surface area (Å²) in [5, 5.41) is 4.47. The highest BCUT2D eigenvalue weighted by molar-refractivity contribution is 5.70. The van der Waals surface area contributed by atoms with E-state index in [2.05, 4.69) is 29.4 Å². The van der Waals surface area contributed by atoms with Crippen LogP contribution in [0.5, 0.6) is 0 Å². The molecule has 9 heteroatoms. The molecule has 2 amide bonds. The maximum Gasteiger partial charge on any atom is 0.410 e. The van der Waals surface area contributed by atoms with Crippen LogP contribution in [0, 0.1) is 5.41 Å². The molecule has 9 nitrogen and oxygen atoms in total. The van der Waals surface area contributed by atoms with Crippen LogP contribution in [0.1, 0.15) is 116 Å². The fourth-order valence-electron chi connectivity index (χ4n) is 6.78. The summed E-state index contributed by atoms with van der Waals surface area (Å²) in [5.41, 5.74) is 0.129. The number of hydrogen-bond donors (Lipinski definition) is 0. The van der Waals surface area contributed by atoms with Gasteiger partial charge in [0.1, 0.15) is 11.2 Å². The average Bonchev–Trinajstić information content (AvgIpc) is 3.81. The largest absolute Gasteiger partial charge is 0.444 e. The lowest BCUT2D eigenvalue weighted by molar-refractivity contribution is -0.0516. The topological polar surface area (TPSA) is 98.0 Å². The Labute approximate surface area is 249 Å². The van der Waals surface area contributed by atoms with Crippen LogP contribution in [-0.2, 0) is 14.9 Å². The molecule has 0 N–H and O–H groups in total. The predicted molar refractivity (Wildman–Crippen MR) is 157 cm³/mol. The molecule has 1 aromatic heterocycles. The summed E-state index contributed by atoms with van der Waals surface area (Å²) < 4.78 is 17.3. The lowest BCUT2D eigenvalue weighted by Crippen LogP contribution is -2.60. The summed E-state index contributed by atoms with van der Waals surface area (Å²) in [6.45, 7) is 13.5. The van der Waals surface area contributed by atoms with Crippen molar-refractivity contribution in [3.8, 4) is 0 Å². The molecule has 0 bridgehead atoms. The maximum atomic E-state index is 13.4. The summed E-state index contributed by atoms with van der Waals surface area (Å²) in [4.78, 5) is 34.6. The highest BCUT2D eigenvalue weighted by Crippen LogP contribution is 2.53. The summed E-state index contributed by atoms with van der Waals surface area (Å²) in [6, 6.07) is 10.5. The van der Waals surface area contributed by atoms with Gasteiger partial charge >= 0.3 is 12.2 Å². The fraction of sp³-hybridized carbons (Fsp3) is 0.697. The number of rotatable bonds is 6. The molecule has 1 saturated heterocycles. The van der Waals surface area contributed by atoms with Gasteiger partial charge in [-0.2, -0.15) is 4.98 Å². The fourth-order valence-corrected chi connectivity index (χ4v) is 6.78. The molecule has 2 heterocycles. The highest BCUT2D eigenvalue weighted by atomic mass is 16.6. The zero-order chi connectivity index (χ0) is 29.9. The van der Waals surface area contributed by atoms with E-state index in [9.17, 15) is 9.59 Å². The van der Waals surface area contributed by atoms with Crippen molar-refractivity contribution in [3.63, 3.8) is 0 Å². The van der Waals surface area contributed by atoms with Crippen molar-refractivity contribution in [2.45, 2.75) is 121 Å². The van der Waals surface area contributed by atoms with E-state index < -0.39 is 11.2 Å². The first-order valence-corrected chi connectivity index (χ1v) is 15.6. The number of amides is 2. The Morgan fingerprint density at radius 3 is 2.21 bits per heavy atom. The Balaban J connectivity index is 1.08. The van der Waals surface area contributed by atoms with E-state index in [1.54, 1.807) is 0 Å². The normalized spacial score (nSPS) is 24.6. The number of nitrogens with zero attached hydrogens (tertiary/aromatic N) is 4. The molecule has 2 aromatic rings. The van der Waals surface area contributed by atoms with Gasteiger partial charge < -0.3 is 23.8 Å². The number of likely N-dealkylation sites (tertiary alicyclic amines) is 1. The van der Waals surface area contributed by atoms with E-state index in [4.69, 9.17) is 19.0 Å². The summed E-state index contributed by atoms with van der Waals surface area (Å²) in [6.07, 6.45) is 6.34. The molecule has 0 radical (unpaired) electrons. The van der Waals surface area contributed by atoms with Crippen LogP contribution in [0.3, 0.4) is 0 Å². The van der Waals surface area contributed by atoms with Gasteiger partial charge in [-0.15, -0.1) is 0 Å². The molecule has 1 aromatic carbocycles. The van der Waals surface area contributed by atoms with Crippen LogP contribution in [0.2, 0.25) is 0 Å². The Hall–Kier alpha value is -3.10. The second kappa shape index (κ2) is 10.3. The third-order valence-corrected chi connectivity index (χ3v) is 9.36. The van der Waals surface area contributed by atoms with Crippen molar-refractivity contribution in [1.82, 2.24) is 19.9 Å². The zero-order valence-corrected chi connectivity index (χ0v) is 26.0. The van der Waals surface area contributed by atoms with E-state index in [-0.39, 0.29) is 35.0 Å². The lowest BCUT2D eigenvalue weighted by Gasteiger charge is -2.52. The number of carbonyl (C=O) groups is 2. The first kappa shape index (κ1) is 29.0. The minimum atomic E-state index is -0.564. The van der Waals surface area contributed by atoms with Crippen molar-refractivity contribution >= 4 is 12.2 Å². The summed E-state index contributed by atoms with van der Waals surface area (Å²) in [5.74, 6) is 1.99. The van der Waals surface area contributed by atoms with Crippen molar-refractivity contribution in [2.75, 3.05) is 19.6 Å². The maximum absolute atomic E-state index is 13.4. The van der Waals surface area contributed by atoms with Crippen LogP contribution in [0.15, 0.2) is 34.9 Å². The average molecular weight is 579 g/mol. The van der Waals surface area contributed by atoms with Crippen LogP contribution in [0.4, 0.5) is 9.59 Å². The van der Waals surface area contributed by atoms with Gasteiger partial charge in [-0.1, -0.05) is 35.5 Å². The van der Waals surface area contributed by atoms with Gasteiger partial charge in [-0.05, 0) is 92.1 Å². The molecule has 1 spiro atoms. The molecule has 228 valence electrons. The minimum Gasteiger partial charge on any atom is -0.444 e. The Morgan fingerprint density at radius 1 is 0.976 bits per heavy atom. The predicted octanol–water partition coefficient (Wildman–Crippen LogP) is 6.79. The molecule has 4 aliphatic rings. The van der Waals surface area contributed by atoms with Crippen LogP contribution in [0.25, 0.3) is 0 Å². The van der Waals surface area contributed by atoms with Gasteiger partial charge in [0, 0.05) is 42.9 Å². The van der Waals surface area contributed by atoms with Gasteiger partial charge in [0.05, 0.1) is 5.41 Å².